The van der Waals surface area contributed by atoms with Crippen LogP contribution < -0.4 is 6.15 Å². The summed E-state index contributed by atoms with van der Waals surface area (Å²) in [6, 6.07) is 28.7. The molecule has 2 heteroatoms. The first-order valence-electron chi connectivity index (χ1n) is 5.40. The maximum atomic E-state index is 2.12. The molecule has 0 aliphatic rings. The highest BCUT2D eigenvalue weighted by Gasteiger charge is 1.85. The molecule has 94 valence electrons. The number of rotatable bonds is 0. The average Bonchev–Trinajstić information content (AvgIpc) is 2.42. The van der Waals surface area contributed by atoms with Crippen molar-refractivity contribution in [2.45, 2.75) is 0 Å². The van der Waals surface area contributed by atoms with Crippen molar-refractivity contribution in [3.05, 3.63) is 84.9 Å². The summed E-state index contributed by atoms with van der Waals surface area (Å²) in [4.78, 5) is 0. The van der Waals surface area contributed by atoms with Gasteiger partial charge in [0.1, 0.15) is 0 Å². The zero-order chi connectivity index (χ0) is 11.1. The van der Waals surface area contributed by atoms with E-state index >= 15 is 0 Å². The van der Waals surface area contributed by atoms with E-state index in [1.807, 2.05) is 36.4 Å². The molecule has 3 N–H and O–H groups in total. The maximum Gasteiger partial charge on any atom is -0.0184 e. The summed E-state index contributed by atoms with van der Waals surface area (Å²) in [6.07, 6.45) is 0. The predicted octanol–water partition coefficient (Wildman–Crippen LogP) is 4.80. The molecule has 0 radical (unpaired) electrons. The van der Waals surface area contributed by atoms with Gasteiger partial charge in [0.2, 0.25) is 0 Å². The van der Waals surface area contributed by atoms with Crippen molar-refractivity contribution in [2.24, 2.45) is 0 Å². The molecule has 0 unspecified atom stereocenters. The molecule has 0 amide bonds. The van der Waals surface area contributed by atoms with Gasteiger partial charge in [0.05, 0.1) is 0 Å². The number of hydrogen-bond donors (Lipinski definition) is 1. The van der Waals surface area contributed by atoms with Gasteiger partial charge in [0.25, 0.3) is 0 Å². The lowest BCUT2D eigenvalue weighted by molar-refractivity contribution is 1.72. The Balaban J connectivity index is 0.000000319. The minimum absolute atomic E-state index is 0. The fraction of sp³-hybridized carbons (Fsp3) is 0. The first-order chi connectivity index (χ1) is 7.97. The Morgan fingerprint density at radius 3 is 0.833 bits per heavy atom. The van der Waals surface area contributed by atoms with Crippen LogP contribution in [0, 0.1) is 0 Å². The van der Waals surface area contributed by atoms with E-state index in [1.165, 1.54) is 10.8 Å². The van der Waals surface area contributed by atoms with Crippen molar-refractivity contribution in [1.82, 2.24) is 6.15 Å². The van der Waals surface area contributed by atoms with Crippen LogP contribution in [0.1, 0.15) is 0 Å². The monoisotopic (exact) mass is 257 g/mol. The van der Waals surface area contributed by atoms with E-state index in [2.05, 4.69) is 48.5 Å². The third-order valence-electron chi connectivity index (χ3n) is 2.33. The molecule has 1 nitrogen and oxygen atoms in total. The summed E-state index contributed by atoms with van der Waals surface area (Å²) >= 11 is 0. The summed E-state index contributed by atoms with van der Waals surface area (Å²) in [5.41, 5.74) is 0. The normalized spacial score (nSPS) is 8.22. The molecule has 0 atom stereocenters. The van der Waals surface area contributed by atoms with Crippen LogP contribution in [0.15, 0.2) is 84.9 Å². The van der Waals surface area contributed by atoms with Gasteiger partial charge < -0.3 is 6.15 Å². The molecule has 0 aliphatic heterocycles. The summed E-state index contributed by atoms with van der Waals surface area (Å²) in [5.74, 6) is 0. The molecule has 0 heterocycles. The van der Waals surface area contributed by atoms with Gasteiger partial charge in [-0.2, -0.15) is 13.5 Å². The highest BCUT2D eigenvalue weighted by atomic mass is 32.1. The van der Waals surface area contributed by atoms with Crippen molar-refractivity contribution >= 4 is 24.3 Å². The second-order valence-corrected chi connectivity index (χ2v) is 3.50. The van der Waals surface area contributed by atoms with Gasteiger partial charge in [-0.05, 0) is 10.8 Å². The average molecular weight is 257 g/mol. The van der Waals surface area contributed by atoms with Crippen LogP contribution in [0.3, 0.4) is 0 Å². The lowest BCUT2D eigenvalue weighted by Gasteiger charge is -1.92. The van der Waals surface area contributed by atoms with Crippen molar-refractivity contribution in [3.63, 3.8) is 0 Å². The van der Waals surface area contributed by atoms with Crippen molar-refractivity contribution in [2.75, 3.05) is 0 Å². The van der Waals surface area contributed by atoms with Gasteiger partial charge in [-0.15, -0.1) is 0 Å². The molecule has 3 aromatic carbocycles. The van der Waals surface area contributed by atoms with E-state index in [4.69, 9.17) is 0 Å². The quantitative estimate of drug-likeness (QED) is 0.616. The van der Waals surface area contributed by atoms with E-state index < -0.39 is 0 Å². The van der Waals surface area contributed by atoms with E-state index in [0.717, 1.165) is 0 Å². The fourth-order valence-electron chi connectivity index (χ4n) is 1.52. The molecule has 0 aliphatic carbocycles. The lowest BCUT2D eigenvalue weighted by atomic mass is 10.1. The summed E-state index contributed by atoms with van der Waals surface area (Å²) in [7, 11) is 0. The van der Waals surface area contributed by atoms with Crippen molar-refractivity contribution in [3.8, 4) is 0 Å². The molecule has 0 saturated heterocycles. The van der Waals surface area contributed by atoms with E-state index in [9.17, 15) is 0 Å². The van der Waals surface area contributed by atoms with Crippen LogP contribution in [0.5, 0.6) is 0 Å². The third kappa shape index (κ3) is 5.04. The van der Waals surface area contributed by atoms with Crippen LogP contribution in [0.2, 0.25) is 0 Å². The Morgan fingerprint density at radius 2 is 0.611 bits per heavy atom. The molecule has 3 aromatic rings. The maximum absolute atomic E-state index is 2.12. The van der Waals surface area contributed by atoms with Gasteiger partial charge in [0, 0.05) is 0 Å². The minimum atomic E-state index is 0. The van der Waals surface area contributed by atoms with Gasteiger partial charge >= 0.3 is 0 Å². The molecule has 0 saturated carbocycles. The number of benzene rings is 3. The van der Waals surface area contributed by atoms with Gasteiger partial charge in [0.15, 0.2) is 0 Å². The Kier molecular flexibility index (Phi) is 8.37. The zero-order valence-corrected chi connectivity index (χ0v) is 11.3. The van der Waals surface area contributed by atoms with Crippen LogP contribution in [-0.4, -0.2) is 0 Å². The minimum Gasteiger partial charge on any atom is -0.344 e. The van der Waals surface area contributed by atoms with Crippen LogP contribution in [-0.2, 0) is 0 Å². The lowest BCUT2D eigenvalue weighted by Crippen LogP contribution is -1.67. The fourth-order valence-corrected chi connectivity index (χ4v) is 1.52. The molecule has 0 aromatic heterocycles. The molecular formula is C16H19NS. The summed E-state index contributed by atoms with van der Waals surface area (Å²) < 4.78 is 0. The second kappa shape index (κ2) is 9.28. The summed E-state index contributed by atoms with van der Waals surface area (Å²) in [6.45, 7) is 0. The number of hydrogen-bond acceptors (Lipinski definition) is 1. The molecule has 3 rings (SSSR count). The highest BCUT2D eigenvalue weighted by Crippen LogP contribution is 2.11. The Bertz CT molecular complexity index is 445. The smallest absolute Gasteiger partial charge is 0.0184 e. The van der Waals surface area contributed by atoms with E-state index in [0.29, 0.717) is 0 Å². The Labute approximate surface area is 116 Å². The van der Waals surface area contributed by atoms with Crippen LogP contribution >= 0.6 is 13.5 Å². The van der Waals surface area contributed by atoms with E-state index in [-0.39, 0.29) is 19.6 Å². The largest absolute Gasteiger partial charge is 0.344 e. The molecule has 18 heavy (non-hydrogen) atoms. The van der Waals surface area contributed by atoms with Crippen LogP contribution in [0.4, 0.5) is 0 Å². The standard InChI is InChI=1S/C10H8.C6H6.H3N.H2S/c1-2-6-10-8-4-3-7-9(10)5-1;1-2-4-6-5-3-1;;/h1-8H;1-6H;1H3;1H2. The Hall–Kier alpha value is -1.77. The predicted molar refractivity (Wildman–Crippen MR) is 85.8 cm³/mol. The Morgan fingerprint density at radius 1 is 0.389 bits per heavy atom. The second-order valence-electron chi connectivity index (χ2n) is 3.50. The first-order valence-corrected chi connectivity index (χ1v) is 5.40. The number of fused-ring (bicyclic) bond motifs is 1. The van der Waals surface area contributed by atoms with Gasteiger partial charge in [-0.1, -0.05) is 84.9 Å². The third-order valence-corrected chi connectivity index (χ3v) is 2.33. The molecule has 0 bridgehead atoms. The highest BCUT2D eigenvalue weighted by molar-refractivity contribution is 7.59. The topological polar surface area (TPSA) is 35.0 Å². The molecule has 0 fully saturated rings. The van der Waals surface area contributed by atoms with Gasteiger partial charge in [-0.3, -0.25) is 0 Å². The zero-order valence-electron chi connectivity index (χ0n) is 10.3. The molecular weight excluding hydrogens is 238 g/mol. The van der Waals surface area contributed by atoms with Crippen LogP contribution in [0.25, 0.3) is 10.8 Å². The van der Waals surface area contributed by atoms with Gasteiger partial charge in [-0.25, -0.2) is 0 Å². The van der Waals surface area contributed by atoms with Crippen molar-refractivity contribution < 1.29 is 0 Å². The first kappa shape index (κ1) is 16.2. The summed E-state index contributed by atoms with van der Waals surface area (Å²) in [5, 5.41) is 2.62. The molecule has 0 spiro atoms. The van der Waals surface area contributed by atoms with Crippen molar-refractivity contribution in [1.29, 1.82) is 0 Å². The SMILES string of the molecule is N.S.c1ccc2ccccc2c1.c1ccccc1. The van der Waals surface area contributed by atoms with E-state index in [1.54, 1.807) is 0 Å².